The fourth-order valence-electron chi connectivity index (χ4n) is 5.12. The minimum Gasteiger partial charge on any atom is -0.294 e. The molecule has 3 unspecified atom stereocenters. The molecule has 1 aliphatic rings. The van der Waals surface area contributed by atoms with Crippen LogP contribution in [0.3, 0.4) is 0 Å². The molecule has 1 heteroatoms. The first-order valence-corrected chi connectivity index (χ1v) is 11.4. The molecular weight excluding hydrogens is 364 g/mol. The molecule has 1 aliphatic carbocycles. The van der Waals surface area contributed by atoms with Gasteiger partial charge in [-0.3, -0.25) is 4.79 Å². The van der Waals surface area contributed by atoms with E-state index in [1.807, 2.05) is 6.07 Å². The van der Waals surface area contributed by atoms with Gasteiger partial charge in [0.15, 0.2) is 5.78 Å². The summed E-state index contributed by atoms with van der Waals surface area (Å²) in [6.07, 6.45) is 5.33. The average Bonchev–Trinajstić information content (AvgIpc) is 3.12. The summed E-state index contributed by atoms with van der Waals surface area (Å²) in [6, 6.07) is 27.6. The van der Waals surface area contributed by atoms with Crippen molar-refractivity contribution >= 4 is 5.78 Å². The molecule has 0 aliphatic heterocycles. The Balaban J connectivity index is 1.66. The summed E-state index contributed by atoms with van der Waals surface area (Å²) >= 11 is 0. The number of carbonyl (C=O) groups excluding carboxylic acids is 1. The van der Waals surface area contributed by atoms with Crippen LogP contribution in [0.25, 0.3) is 0 Å². The van der Waals surface area contributed by atoms with Gasteiger partial charge in [0.25, 0.3) is 0 Å². The van der Waals surface area contributed by atoms with E-state index in [2.05, 4.69) is 86.6 Å². The second-order valence-corrected chi connectivity index (χ2v) is 8.87. The van der Waals surface area contributed by atoms with Gasteiger partial charge in [-0.2, -0.15) is 0 Å². The molecule has 0 saturated carbocycles. The van der Waals surface area contributed by atoms with Crippen LogP contribution >= 0.6 is 0 Å². The van der Waals surface area contributed by atoms with Crippen molar-refractivity contribution in [1.29, 1.82) is 0 Å². The van der Waals surface area contributed by atoms with Crippen molar-refractivity contribution in [2.45, 2.75) is 51.9 Å². The quantitative estimate of drug-likeness (QED) is 0.373. The summed E-state index contributed by atoms with van der Waals surface area (Å²) in [4.78, 5) is 13.8. The van der Waals surface area contributed by atoms with E-state index in [-0.39, 0.29) is 17.6 Å². The molecule has 0 saturated heterocycles. The molecular formula is C29H32O. The van der Waals surface area contributed by atoms with E-state index in [1.54, 1.807) is 0 Å². The Labute approximate surface area is 181 Å². The van der Waals surface area contributed by atoms with Gasteiger partial charge in [-0.25, -0.2) is 0 Å². The van der Waals surface area contributed by atoms with E-state index in [1.165, 1.54) is 35.1 Å². The van der Waals surface area contributed by atoms with Crippen LogP contribution in [0.1, 0.15) is 65.2 Å². The van der Waals surface area contributed by atoms with E-state index in [4.69, 9.17) is 0 Å². The molecule has 3 aromatic rings. The third-order valence-corrected chi connectivity index (χ3v) is 6.70. The minimum absolute atomic E-state index is 0.0347. The zero-order chi connectivity index (χ0) is 20.9. The predicted molar refractivity (Wildman–Crippen MR) is 125 cm³/mol. The van der Waals surface area contributed by atoms with E-state index >= 15 is 0 Å². The van der Waals surface area contributed by atoms with Crippen LogP contribution in [0.15, 0.2) is 78.9 Å². The van der Waals surface area contributed by atoms with E-state index in [9.17, 15) is 4.79 Å². The van der Waals surface area contributed by atoms with Gasteiger partial charge >= 0.3 is 0 Å². The lowest BCUT2D eigenvalue weighted by Crippen LogP contribution is -2.27. The molecule has 0 spiro atoms. The van der Waals surface area contributed by atoms with E-state index in [0.29, 0.717) is 5.92 Å². The number of rotatable bonds is 8. The fourth-order valence-corrected chi connectivity index (χ4v) is 5.12. The normalized spacial score (nSPS) is 18.7. The first kappa shape index (κ1) is 20.6. The van der Waals surface area contributed by atoms with Crippen molar-refractivity contribution in [2.75, 3.05) is 0 Å². The minimum atomic E-state index is -0.0347. The molecule has 1 nitrogen and oxygen atoms in total. The third kappa shape index (κ3) is 4.41. The molecule has 4 rings (SSSR count). The van der Waals surface area contributed by atoms with Crippen molar-refractivity contribution in [3.8, 4) is 0 Å². The number of ketones is 1. The Hall–Kier alpha value is -2.67. The molecule has 0 amide bonds. The first-order chi connectivity index (χ1) is 14.7. The lowest BCUT2D eigenvalue weighted by molar-refractivity contribution is 0.0884. The van der Waals surface area contributed by atoms with Crippen molar-refractivity contribution in [1.82, 2.24) is 0 Å². The highest BCUT2D eigenvalue weighted by Gasteiger charge is 2.38. The summed E-state index contributed by atoms with van der Waals surface area (Å²) in [5, 5.41) is 0. The maximum atomic E-state index is 13.8. The zero-order valence-electron chi connectivity index (χ0n) is 18.2. The van der Waals surface area contributed by atoms with Crippen LogP contribution in [0, 0.1) is 11.8 Å². The van der Waals surface area contributed by atoms with Crippen molar-refractivity contribution in [2.24, 2.45) is 11.8 Å². The number of hydrogen-bond donors (Lipinski definition) is 0. The number of Topliss-reactive ketones (excluding diaryl/α,β-unsaturated/α-hetero) is 1. The van der Waals surface area contributed by atoms with Gasteiger partial charge in [0, 0.05) is 11.5 Å². The molecule has 0 bridgehead atoms. The van der Waals surface area contributed by atoms with Gasteiger partial charge in [0.2, 0.25) is 0 Å². The predicted octanol–water partition coefficient (Wildman–Crippen LogP) is 7.05. The number of benzene rings is 3. The second kappa shape index (κ2) is 9.43. The van der Waals surface area contributed by atoms with E-state index in [0.717, 1.165) is 24.8 Å². The number of aryl methyl sites for hydroxylation is 1. The van der Waals surface area contributed by atoms with Gasteiger partial charge in [0.1, 0.15) is 0 Å². The maximum Gasteiger partial charge on any atom is 0.166 e. The van der Waals surface area contributed by atoms with Crippen molar-refractivity contribution in [3.63, 3.8) is 0 Å². The number of carbonyl (C=O) groups is 1. The Morgan fingerprint density at radius 3 is 2.33 bits per heavy atom. The third-order valence-electron chi connectivity index (χ3n) is 6.70. The molecule has 0 heterocycles. The zero-order valence-corrected chi connectivity index (χ0v) is 18.2. The van der Waals surface area contributed by atoms with E-state index < -0.39 is 0 Å². The Morgan fingerprint density at radius 2 is 1.60 bits per heavy atom. The Bertz CT molecular complexity index is 971. The van der Waals surface area contributed by atoms with Gasteiger partial charge < -0.3 is 0 Å². The van der Waals surface area contributed by atoms with Gasteiger partial charge in [-0.05, 0) is 59.8 Å². The second-order valence-electron chi connectivity index (χ2n) is 8.87. The topological polar surface area (TPSA) is 17.1 Å². The summed E-state index contributed by atoms with van der Waals surface area (Å²) in [6.45, 7) is 4.52. The summed E-state index contributed by atoms with van der Waals surface area (Å²) in [5.74, 6) is 1.000. The van der Waals surface area contributed by atoms with Crippen molar-refractivity contribution < 1.29 is 4.79 Å². The molecule has 30 heavy (non-hydrogen) atoms. The average molecular weight is 397 g/mol. The Kier molecular flexibility index (Phi) is 6.47. The molecule has 0 N–H and O–H groups in total. The van der Waals surface area contributed by atoms with Crippen LogP contribution in [-0.4, -0.2) is 5.78 Å². The van der Waals surface area contributed by atoms with Crippen molar-refractivity contribution in [3.05, 3.63) is 107 Å². The van der Waals surface area contributed by atoms with Gasteiger partial charge in [-0.1, -0.05) is 99.1 Å². The van der Waals surface area contributed by atoms with Crippen LogP contribution in [0.4, 0.5) is 0 Å². The molecule has 154 valence electrons. The monoisotopic (exact) mass is 396 g/mol. The number of fused-ring (bicyclic) bond motifs is 1. The summed E-state index contributed by atoms with van der Waals surface area (Å²) in [5.41, 5.74) is 6.21. The number of hydrogen-bond acceptors (Lipinski definition) is 1. The van der Waals surface area contributed by atoms with Crippen LogP contribution in [0.2, 0.25) is 0 Å². The van der Waals surface area contributed by atoms with Crippen LogP contribution in [0.5, 0.6) is 0 Å². The smallest absolute Gasteiger partial charge is 0.166 e. The molecule has 0 aromatic heterocycles. The first-order valence-electron chi connectivity index (χ1n) is 11.4. The number of unbranched alkanes of at least 4 members (excludes halogenated alkanes) is 1. The molecule has 0 radical (unpaired) electrons. The fraction of sp³-hybridized carbons (Fsp3) is 0.345. The highest BCUT2D eigenvalue weighted by Crippen LogP contribution is 2.44. The molecule has 3 aromatic carbocycles. The maximum absolute atomic E-state index is 13.8. The lowest BCUT2D eigenvalue weighted by atomic mass is 9.75. The molecule has 0 fully saturated rings. The van der Waals surface area contributed by atoms with Gasteiger partial charge in [-0.15, -0.1) is 0 Å². The highest BCUT2D eigenvalue weighted by atomic mass is 16.1. The standard InChI is InChI=1S/C29H32O/c1-3-4-10-22-15-17-24(18-16-22)29(30)27(20-23-11-6-5-7-12-23)28-21(2)19-25-13-8-9-14-26(25)28/h5-9,11-18,21,27-28H,3-4,10,19-20H2,1-2H3. The lowest BCUT2D eigenvalue weighted by Gasteiger charge is -2.27. The largest absolute Gasteiger partial charge is 0.294 e. The molecule has 3 atom stereocenters. The SMILES string of the molecule is CCCCc1ccc(C(=O)C(Cc2ccccc2)C2c3ccccc3CC2C)cc1. The highest BCUT2D eigenvalue weighted by molar-refractivity contribution is 5.98. The summed E-state index contributed by atoms with van der Waals surface area (Å²) < 4.78 is 0. The van der Waals surface area contributed by atoms with Crippen LogP contribution in [-0.2, 0) is 19.3 Å². The van der Waals surface area contributed by atoms with Crippen LogP contribution < -0.4 is 0 Å². The summed E-state index contributed by atoms with van der Waals surface area (Å²) in [7, 11) is 0. The Morgan fingerprint density at radius 1 is 0.900 bits per heavy atom. The van der Waals surface area contributed by atoms with Gasteiger partial charge in [0.05, 0.1) is 0 Å².